The van der Waals surface area contributed by atoms with Crippen LogP contribution in [0.25, 0.3) is 0 Å². The minimum absolute atomic E-state index is 0. The zero-order valence-corrected chi connectivity index (χ0v) is 25.1. The van der Waals surface area contributed by atoms with Crippen LogP contribution in [-0.4, -0.2) is 45.8 Å². The summed E-state index contributed by atoms with van der Waals surface area (Å²) >= 11 is 0. The molecule has 93 valence electrons. The molecular weight excluding hydrogens is 865 g/mol. The molecule has 3 radical (unpaired) electrons. The first-order chi connectivity index (χ1) is 6.25. The van der Waals surface area contributed by atoms with Crippen molar-refractivity contribution < 1.29 is 152 Å². The summed E-state index contributed by atoms with van der Waals surface area (Å²) in [6.45, 7) is 7.48. The minimum Gasteiger partial charge on any atom is -0.388 e. The van der Waals surface area contributed by atoms with Crippen molar-refractivity contribution in [2.45, 2.75) is 58.2 Å². The van der Waals surface area contributed by atoms with Crippen molar-refractivity contribution in [1.29, 1.82) is 0 Å². The Bertz CT molecular complexity index is 210. The molecule has 4 nitrogen and oxygen atoms in total. The van der Waals surface area contributed by atoms with Gasteiger partial charge in [-0.15, -0.1) is 0 Å². The average Bonchev–Trinajstić information content (AvgIpc) is 2.06. The Morgan fingerprint density at radius 2 is 1.24 bits per heavy atom. The third kappa shape index (κ3) is 7.31. The molecule has 1 aliphatic rings. The van der Waals surface area contributed by atoms with Crippen LogP contribution in [0.5, 0.6) is 0 Å². The van der Waals surface area contributed by atoms with Crippen LogP contribution in [0, 0.1) is 138 Å². The van der Waals surface area contributed by atoms with Crippen molar-refractivity contribution in [2.75, 3.05) is 0 Å². The van der Waals surface area contributed by atoms with Crippen molar-refractivity contribution in [2.24, 2.45) is 5.41 Å². The number of hydrogen-bond acceptors (Lipinski definition) is 4. The molecular formula is C10H20Ac3O4. The van der Waals surface area contributed by atoms with Crippen LogP contribution >= 0.6 is 0 Å². The quantitative estimate of drug-likeness (QED) is 0.319. The van der Waals surface area contributed by atoms with Crippen LogP contribution < -0.4 is 0 Å². The van der Waals surface area contributed by atoms with Crippen LogP contribution in [-0.2, 0) is 4.74 Å². The fraction of sp³-hybridized carbons (Fsp3) is 1.00. The second kappa shape index (κ2) is 10.8. The van der Waals surface area contributed by atoms with Gasteiger partial charge in [0, 0.05) is 132 Å². The molecule has 1 saturated heterocycles. The second-order valence-electron chi connectivity index (χ2n) is 5.10. The SMILES string of the molecule is C[C@@H]1O[C@@H](C(C)(C)C)[C@@H](O)[C@H](O)[C@@H]1O.[Ac].[Ac].[Ac]. The van der Waals surface area contributed by atoms with Gasteiger partial charge < -0.3 is 20.1 Å². The molecule has 0 aliphatic carbocycles. The molecule has 3 N–H and O–H groups in total. The third-order valence-corrected chi connectivity index (χ3v) is 2.71. The third-order valence-electron chi connectivity index (χ3n) is 2.71. The first kappa shape index (κ1) is 26.1. The Hall–Kier alpha value is 4.16. The maximum atomic E-state index is 9.73. The molecule has 1 rings (SSSR count). The van der Waals surface area contributed by atoms with Gasteiger partial charge in [-0.1, -0.05) is 20.8 Å². The van der Waals surface area contributed by atoms with E-state index in [1.54, 1.807) is 6.92 Å². The van der Waals surface area contributed by atoms with Crippen molar-refractivity contribution in [3.8, 4) is 0 Å². The van der Waals surface area contributed by atoms with Crippen molar-refractivity contribution in [3.05, 3.63) is 0 Å². The maximum absolute atomic E-state index is 9.73. The van der Waals surface area contributed by atoms with E-state index >= 15 is 0 Å². The fourth-order valence-corrected chi connectivity index (χ4v) is 1.77. The van der Waals surface area contributed by atoms with Crippen LogP contribution in [0.15, 0.2) is 0 Å². The summed E-state index contributed by atoms with van der Waals surface area (Å²) in [5.74, 6) is 0. The molecule has 0 aromatic rings. The standard InChI is InChI=1S/C10H20O4.3Ac/c1-5-6(11)7(12)8(13)9(14-5)10(2,3)4;;;/h5-9,11-13H,1-4H3;;;/t5-,6+,7+,8-,9+;;;/m0.../s1. The molecule has 0 unspecified atom stereocenters. The Morgan fingerprint density at radius 1 is 0.824 bits per heavy atom. The van der Waals surface area contributed by atoms with Gasteiger partial charge in [0.25, 0.3) is 0 Å². The monoisotopic (exact) mass is 885 g/mol. The molecule has 0 amide bonds. The van der Waals surface area contributed by atoms with Gasteiger partial charge >= 0.3 is 0 Å². The van der Waals surface area contributed by atoms with Crippen molar-refractivity contribution in [1.82, 2.24) is 0 Å². The Kier molecular flexibility index (Phi) is 16.6. The van der Waals surface area contributed by atoms with Gasteiger partial charge in [0.2, 0.25) is 0 Å². The van der Waals surface area contributed by atoms with Crippen LogP contribution in [0.2, 0.25) is 0 Å². The van der Waals surface area contributed by atoms with Gasteiger partial charge in [-0.3, -0.25) is 0 Å². The number of aliphatic hydroxyl groups excluding tert-OH is 3. The van der Waals surface area contributed by atoms with Crippen LogP contribution in [0.4, 0.5) is 0 Å². The van der Waals surface area contributed by atoms with Gasteiger partial charge in [-0.05, 0) is 12.3 Å². The van der Waals surface area contributed by atoms with E-state index in [4.69, 9.17) is 4.74 Å². The van der Waals surface area contributed by atoms with Gasteiger partial charge in [0.05, 0.1) is 12.2 Å². The Morgan fingerprint density at radius 3 is 1.59 bits per heavy atom. The second-order valence-corrected chi connectivity index (χ2v) is 5.10. The van der Waals surface area contributed by atoms with Crippen molar-refractivity contribution in [3.63, 3.8) is 0 Å². The Balaban J connectivity index is -0.000000653. The molecule has 1 heterocycles. The molecule has 0 aromatic carbocycles. The molecule has 1 fully saturated rings. The molecule has 17 heavy (non-hydrogen) atoms. The first-order valence-electron chi connectivity index (χ1n) is 4.95. The number of hydrogen-bond donors (Lipinski definition) is 3. The predicted octanol–water partition coefficient (Wildman–Crippen LogP) is -0.0975. The molecule has 0 aromatic heterocycles. The molecule has 0 saturated carbocycles. The minimum atomic E-state index is -1.12. The molecule has 0 bridgehead atoms. The summed E-state index contributed by atoms with van der Waals surface area (Å²) in [7, 11) is 0. The molecule has 1 aliphatic heterocycles. The van der Waals surface area contributed by atoms with E-state index in [2.05, 4.69) is 0 Å². The molecule has 0 spiro atoms. The maximum Gasteiger partial charge on any atom is 0.111 e. The largest absolute Gasteiger partial charge is 0.388 e. The van der Waals surface area contributed by atoms with E-state index in [0.29, 0.717) is 0 Å². The fourth-order valence-electron chi connectivity index (χ4n) is 1.77. The van der Waals surface area contributed by atoms with Gasteiger partial charge in [-0.25, -0.2) is 0 Å². The van der Waals surface area contributed by atoms with E-state index in [1.807, 2.05) is 20.8 Å². The molecule has 5 atom stereocenters. The summed E-state index contributed by atoms with van der Waals surface area (Å²) in [5.41, 5.74) is -0.255. The number of ether oxygens (including phenoxy) is 1. The predicted molar refractivity (Wildman–Crippen MR) is 51.8 cm³/mol. The van der Waals surface area contributed by atoms with E-state index in [-0.39, 0.29) is 138 Å². The normalized spacial score (nSPS) is 37.2. The first-order valence-corrected chi connectivity index (χ1v) is 4.95. The summed E-state index contributed by atoms with van der Waals surface area (Å²) in [4.78, 5) is 0. The summed E-state index contributed by atoms with van der Waals surface area (Å²) in [6, 6.07) is 0. The van der Waals surface area contributed by atoms with Crippen molar-refractivity contribution >= 4 is 0 Å². The summed E-state index contributed by atoms with van der Waals surface area (Å²) in [6.07, 6.45) is -4.05. The van der Waals surface area contributed by atoms with Gasteiger partial charge in [0.15, 0.2) is 0 Å². The van der Waals surface area contributed by atoms with Gasteiger partial charge in [-0.2, -0.15) is 0 Å². The van der Waals surface area contributed by atoms with Gasteiger partial charge in [0.1, 0.15) is 18.3 Å². The summed E-state index contributed by atoms with van der Waals surface area (Å²) < 4.78 is 5.49. The van der Waals surface area contributed by atoms with E-state index < -0.39 is 30.5 Å². The van der Waals surface area contributed by atoms with Crippen LogP contribution in [0.3, 0.4) is 0 Å². The Labute approximate surface area is 211 Å². The number of rotatable bonds is 0. The zero-order valence-electron chi connectivity index (χ0n) is 10.9. The van der Waals surface area contributed by atoms with E-state index in [9.17, 15) is 15.3 Å². The van der Waals surface area contributed by atoms with E-state index in [1.165, 1.54) is 0 Å². The number of aliphatic hydroxyl groups is 3. The zero-order chi connectivity index (χ0) is 11.1. The topological polar surface area (TPSA) is 69.9 Å². The summed E-state index contributed by atoms with van der Waals surface area (Å²) in [5, 5.41) is 28.8. The van der Waals surface area contributed by atoms with Crippen LogP contribution in [0.1, 0.15) is 27.7 Å². The average molecular weight is 885 g/mol. The molecule has 7 heteroatoms. The smallest absolute Gasteiger partial charge is 0.111 e. The van der Waals surface area contributed by atoms with E-state index in [0.717, 1.165) is 0 Å².